The third-order valence-corrected chi connectivity index (χ3v) is 3.61. The van der Waals surface area contributed by atoms with E-state index in [2.05, 4.69) is 0 Å². The highest BCUT2D eigenvalue weighted by atomic mass is 35.5. The molecule has 4 nitrogen and oxygen atoms in total. The molecular weight excluding hydrogens is 273 g/mol. The SMILES string of the molecule is C[C@@H](O)Cc1cc(Cl)cc(S(N)(=O)=O)c1Cl. The number of halogens is 2. The van der Waals surface area contributed by atoms with Crippen LogP contribution in [0.3, 0.4) is 0 Å². The van der Waals surface area contributed by atoms with Crippen molar-refractivity contribution in [2.75, 3.05) is 0 Å². The molecule has 0 heterocycles. The van der Waals surface area contributed by atoms with Gasteiger partial charge in [0, 0.05) is 5.02 Å². The molecule has 3 N–H and O–H groups in total. The zero-order chi connectivity index (χ0) is 12.5. The Bertz CT molecular complexity index is 500. The minimum Gasteiger partial charge on any atom is -0.393 e. The summed E-state index contributed by atoms with van der Waals surface area (Å²) < 4.78 is 22.4. The third-order valence-electron chi connectivity index (χ3n) is 1.90. The number of primary sulfonamides is 1. The number of sulfonamides is 1. The van der Waals surface area contributed by atoms with E-state index in [1.54, 1.807) is 6.92 Å². The molecule has 1 aromatic rings. The largest absolute Gasteiger partial charge is 0.393 e. The Morgan fingerprint density at radius 1 is 1.44 bits per heavy atom. The minimum absolute atomic E-state index is 0.00722. The van der Waals surface area contributed by atoms with Crippen molar-refractivity contribution in [2.45, 2.75) is 24.3 Å². The van der Waals surface area contributed by atoms with Gasteiger partial charge in [-0.15, -0.1) is 0 Å². The van der Waals surface area contributed by atoms with Crippen LogP contribution in [0.25, 0.3) is 0 Å². The predicted octanol–water partition coefficient (Wildman–Crippen LogP) is 1.56. The van der Waals surface area contributed by atoms with Gasteiger partial charge in [0.15, 0.2) is 0 Å². The van der Waals surface area contributed by atoms with Gasteiger partial charge < -0.3 is 5.11 Å². The van der Waals surface area contributed by atoms with Gasteiger partial charge in [0.25, 0.3) is 0 Å². The second-order valence-corrected chi connectivity index (χ2v) is 5.82. The van der Waals surface area contributed by atoms with E-state index in [0.717, 1.165) is 0 Å². The maximum Gasteiger partial charge on any atom is 0.239 e. The number of aliphatic hydroxyl groups excluding tert-OH is 1. The van der Waals surface area contributed by atoms with Crippen LogP contribution < -0.4 is 5.14 Å². The Labute approximate surface area is 104 Å². The fraction of sp³-hybridized carbons (Fsp3) is 0.333. The van der Waals surface area contributed by atoms with Crippen LogP contribution >= 0.6 is 23.2 Å². The Balaban J connectivity index is 3.38. The summed E-state index contributed by atoms with van der Waals surface area (Å²) in [5.74, 6) is 0. The van der Waals surface area contributed by atoms with Crippen LogP contribution in [0, 0.1) is 0 Å². The summed E-state index contributed by atoms with van der Waals surface area (Å²) in [6.45, 7) is 1.56. The molecule has 0 fully saturated rings. The molecule has 0 saturated carbocycles. The summed E-state index contributed by atoms with van der Waals surface area (Å²) >= 11 is 11.6. The molecule has 90 valence electrons. The molecular formula is C9H11Cl2NO3S. The van der Waals surface area contributed by atoms with Gasteiger partial charge in [0.05, 0.1) is 11.1 Å². The first-order valence-electron chi connectivity index (χ1n) is 4.40. The summed E-state index contributed by atoms with van der Waals surface area (Å²) in [6.07, 6.45) is -0.439. The molecule has 0 aliphatic rings. The number of benzene rings is 1. The first-order valence-corrected chi connectivity index (χ1v) is 6.71. The molecule has 0 saturated heterocycles. The van der Waals surface area contributed by atoms with Gasteiger partial charge in [-0.3, -0.25) is 0 Å². The molecule has 0 unspecified atom stereocenters. The highest BCUT2D eigenvalue weighted by Gasteiger charge is 2.18. The van der Waals surface area contributed by atoms with Crippen LogP contribution in [0.2, 0.25) is 10.0 Å². The highest BCUT2D eigenvalue weighted by Crippen LogP contribution is 2.29. The molecule has 1 atom stereocenters. The topological polar surface area (TPSA) is 80.4 Å². The molecule has 0 amide bonds. The predicted molar refractivity (Wildman–Crippen MR) is 63.2 cm³/mol. The van der Waals surface area contributed by atoms with E-state index >= 15 is 0 Å². The fourth-order valence-corrected chi connectivity index (χ4v) is 2.78. The summed E-state index contributed by atoms with van der Waals surface area (Å²) in [5, 5.41) is 14.4. The van der Waals surface area contributed by atoms with Crippen molar-refractivity contribution >= 4 is 33.2 Å². The standard InChI is InChI=1S/C9H11Cl2NO3S/c1-5(13)2-6-3-7(10)4-8(9(6)11)16(12,14)15/h3-5,13H,2H2,1H3,(H2,12,14,15)/t5-/m1/s1. The second kappa shape index (κ2) is 4.89. The van der Waals surface area contributed by atoms with Crippen molar-refractivity contribution in [3.63, 3.8) is 0 Å². The van der Waals surface area contributed by atoms with Crippen molar-refractivity contribution in [1.82, 2.24) is 0 Å². The number of nitrogens with two attached hydrogens (primary N) is 1. The van der Waals surface area contributed by atoms with Crippen LogP contribution in [0.5, 0.6) is 0 Å². The molecule has 7 heteroatoms. The fourth-order valence-electron chi connectivity index (χ4n) is 1.29. The van der Waals surface area contributed by atoms with Gasteiger partial charge in [0.2, 0.25) is 10.0 Å². The molecule has 0 bridgehead atoms. The molecule has 0 aromatic heterocycles. The summed E-state index contributed by atoms with van der Waals surface area (Å²) in [6, 6.07) is 2.69. The number of aliphatic hydroxyl groups is 1. The number of hydrogen-bond donors (Lipinski definition) is 2. The van der Waals surface area contributed by atoms with Crippen LogP contribution in [-0.2, 0) is 16.4 Å². The van der Waals surface area contributed by atoms with Gasteiger partial charge in [-0.1, -0.05) is 23.2 Å². The smallest absolute Gasteiger partial charge is 0.239 e. The maximum atomic E-state index is 11.2. The Kier molecular flexibility index (Phi) is 4.20. The van der Waals surface area contributed by atoms with Crippen LogP contribution in [0.1, 0.15) is 12.5 Å². The molecule has 0 aliphatic carbocycles. The van der Waals surface area contributed by atoms with E-state index in [9.17, 15) is 13.5 Å². The van der Waals surface area contributed by atoms with Crippen molar-refractivity contribution in [2.24, 2.45) is 5.14 Å². The van der Waals surface area contributed by atoms with E-state index in [1.165, 1.54) is 12.1 Å². The minimum atomic E-state index is -3.91. The van der Waals surface area contributed by atoms with Gasteiger partial charge >= 0.3 is 0 Å². The summed E-state index contributed by atoms with van der Waals surface area (Å²) in [4.78, 5) is -0.225. The van der Waals surface area contributed by atoms with Crippen LogP contribution in [-0.4, -0.2) is 19.6 Å². The lowest BCUT2D eigenvalue weighted by molar-refractivity contribution is 0.195. The lowest BCUT2D eigenvalue weighted by atomic mass is 10.1. The lowest BCUT2D eigenvalue weighted by Gasteiger charge is -2.10. The maximum absolute atomic E-state index is 11.2. The van der Waals surface area contributed by atoms with E-state index in [1.807, 2.05) is 0 Å². The molecule has 0 radical (unpaired) electrons. The average Bonchev–Trinajstić information content (AvgIpc) is 2.07. The van der Waals surface area contributed by atoms with Crippen molar-refractivity contribution in [3.05, 3.63) is 27.7 Å². The van der Waals surface area contributed by atoms with Crippen molar-refractivity contribution in [1.29, 1.82) is 0 Å². The molecule has 0 aliphatic heterocycles. The molecule has 1 aromatic carbocycles. The normalized spacial score (nSPS) is 13.8. The van der Waals surface area contributed by atoms with E-state index in [-0.39, 0.29) is 21.4 Å². The summed E-state index contributed by atoms with van der Waals surface area (Å²) in [5.41, 5.74) is 0.452. The first-order chi connectivity index (χ1) is 7.21. The van der Waals surface area contributed by atoms with E-state index < -0.39 is 16.1 Å². The Hall–Kier alpha value is -0.330. The first kappa shape index (κ1) is 13.7. The summed E-state index contributed by atoms with van der Waals surface area (Å²) in [7, 11) is -3.91. The molecule has 16 heavy (non-hydrogen) atoms. The number of hydrogen-bond acceptors (Lipinski definition) is 3. The zero-order valence-corrected chi connectivity index (χ0v) is 10.8. The Morgan fingerprint density at radius 3 is 2.44 bits per heavy atom. The van der Waals surface area contributed by atoms with Crippen molar-refractivity contribution < 1.29 is 13.5 Å². The highest BCUT2D eigenvalue weighted by molar-refractivity contribution is 7.89. The second-order valence-electron chi connectivity index (χ2n) is 3.48. The zero-order valence-electron chi connectivity index (χ0n) is 8.44. The Morgan fingerprint density at radius 2 is 2.00 bits per heavy atom. The van der Waals surface area contributed by atoms with Crippen molar-refractivity contribution in [3.8, 4) is 0 Å². The van der Waals surface area contributed by atoms with Crippen LogP contribution in [0.15, 0.2) is 17.0 Å². The number of rotatable bonds is 3. The van der Waals surface area contributed by atoms with E-state index in [4.69, 9.17) is 28.3 Å². The third kappa shape index (κ3) is 3.33. The van der Waals surface area contributed by atoms with E-state index in [0.29, 0.717) is 5.56 Å². The van der Waals surface area contributed by atoms with Gasteiger partial charge in [-0.25, -0.2) is 13.6 Å². The average molecular weight is 284 g/mol. The molecule has 0 spiro atoms. The van der Waals surface area contributed by atoms with Gasteiger partial charge in [-0.05, 0) is 31.0 Å². The van der Waals surface area contributed by atoms with Crippen LogP contribution in [0.4, 0.5) is 0 Å². The monoisotopic (exact) mass is 283 g/mol. The lowest BCUT2D eigenvalue weighted by Crippen LogP contribution is -2.14. The molecule has 1 rings (SSSR count). The van der Waals surface area contributed by atoms with Gasteiger partial charge in [0.1, 0.15) is 4.90 Å². The quantitative estimate of drug-likeness (QED) is 0.884. The van der Waals surface area contributed by atoms with Gasteiger partial charge in [-0.2, -0.15) is 0 Å².